The Morgan fingerprint density at radius 2 is 2.25 bits per heavy atom. The Morgan fingerprint density at radius 1 is 1.58 bits per heavy atom. The molecule has 0 aromatic rings. The van der Waals surface area contributed by atoms with Gasteiger partial charge in [-0.05, 0) is 13.0 Å². The Bertz CT molecular complexity index is 240. The summed E-state index contributed by atoms with van der Waals surface area (Å²) < 4.78 is 5.31. The van der Waals surface area contributed by atoms with E-state index in [1.807, 2.05) is 18.4 Å². The minimum atomic E-state index is -1.19. The van der Waals surface area contributed by atoms with E-state index in [0.29, 0.717) is 0 Å². The average Bonchev–Trinajstić information content (AvgIpc) is 2.70. The van der Waals surface area contributed by atoms with Crippen LogP contribution in [0.1, 0.15) is 6.92 Å². The van der Waals surface area contributed by atoms with Crippen LogP contribution in [0.15, 0.2) is 12.2 Å². The molecular weight excluding hydrogens is 158 g/mol. The van der Waals surface area contributed by atoms with Crippen molar-refractivity contribution in [1.29, 1.82) is 0 Å². The second-order valence-electron chi connectivity index (χ2n) is 3.54. The fraction of sp³-hybridized carbons (Fsp3) is 0.750. The van der Waals surface area contributed by atoms with E-state index in [0.717, 1.165) is 0 Å². The first-order chi connectivity index (χ1) is 5.55. The molecule has 0 bridgehead atoms. The molecular formula is C8H14NO3+. The third kappa shape index (κ3) is 0.754. The van der Waals surface area contributed by atoms with Gasteiger partial charge in [-0.25, -0.2) is 0 Å². The number of quaternary nitrogens is 1. The van der Waals surface area contributed by atoms with Crippen molar-refractivity contribution >= 4 is 0 Å². The summed E-state index contributed by atoms with van der Waals surface area (Å²) in [7, 11) is 1.89. The highest BCUT2D eigenvalue weighted by molar-refractivity contribution is 5.31. The van der Waals surface area contributed by atoms with Gasteiger partial charge in [0.1, 0.15) is 5.60 Å². The van der Waals surface area contributed by atoms with Crippen LogP contribution in [0.4, 0.5) is 0 Å². The van der Waals surface area contributed by atoms with Gasteiger partial charge in [0.2, 0.25) is 0 Å². The van der Waals surface area contributed by atoms with E-state index in [9.17, 15) is 10.2 Å². The van der Waals surface area contributed by atoms with Gasteiger partial charge in [-0.2, -0.15) is 0 Å². The molecule has 0 aromatic carbocycles. The van der Waals surface area contributed by atoms with Crippen molar-refractivity contribution in [2.75, 3.05) is 7.05 Å². The van der Waals surface area contributed by atoms with Gasteiger partial charge in [-0.15, -0.1) is 0 Å². The Kier molecular flexibility index (Phi) is 1.42. The summed E-state index contributed by atoms with van der Waals surface area (Å²) in [4.78, 5) is 0. The van der Waals surface area contributed by atoms with Crippen molar-refractivity contribution in [3.63, 3.8) is 0 Å². The van der Waals surface area contributed by atoms with E-state index in [1.54, 1.807) is 13.0 Å². The Labute approximate surface area is 70.8 Å². The second kappa shape index (κ2) is 2.09. The molecule has 4 unspecified atom stereocenters. The molecule has 2 rings (SSSR count). The third-order valence-corrected chi connectivity index (χ3v) is 2.83. The largest absolute Gasteiger partial charge is 0.390 e. The molecule has 68 valence electrons. The maximum absolute atomic E-state index is 9.89. The number of aliphatic hydroxyl groups is 2. The summed E-state index contributed by atoms with van der Waals surface area (Å²) in [6.45, 7) is 1.57. The molecule has 0 radical (unpaired) electrons. The topological polar surface area (TPSA) is 69.6 Å². The van der Waals surface area contributed by atoms with Crippen molar-refractivity contribution in [3.8, 4) is 0 Å². The SMILES string of the molecule is C[NH2+]C12C=CC(O)(C(C)O)C1O2. The van der Waals surface area contributed by atoms with Crippen LogP contribution >= 0.6 is 0 Å². The Morgan fingerprint density at radius 3 is 2.50 bits per heavy atom. The molecule has 12 heavy (non-hydrogen) atoms. The van der Waals surface area contributed by atoms with Gasteiger partial charge >= 0.3 is 0 Å². The van der Waals surface area contributed by atoms with Crippen LogP contribution in [0.5, 0.6) is 0 Å². The first-order valence-electron chi connectivity index (χ1n) is 4.14. The van der Waals surface area contributed by atoms with Crippen molar-refractivity contribution in [2.45, 2.75) is 30.5 Å². The molecule has 1 aliphatic heterocycles. The molecule has 1 aliphatic carbocycles. The monoisotopic (exact) mass is 172 g/mol. The summed E-state index contributed by atoms with van der Waals surface area (Å²) >= 11 is 0. The normalized spacial score (nSPS) is 52.2. The van der Waals surface area contributed by atoms with Crippen molar-refractivity contribution in [2.24, 2.45) is 0 Å². The number of likely N-dealkylation sites (N-methyl/N-ethyl adjacent to an activating group) is 1. The maximum atomic E-state index is 9.89. The molecule has 4 atom stereocenters. The van der Waals surface area contributed by atoms with Crippen LogP contribution in [0, 0.1) is 0 Å². The first-order valence-corrected chi connectivity index (χ1v) is 4.14. The molecule has 2 aliphatic rings. The number of epoxide rings is 1. The van der Waals surface area contributed by atoms with E-state index in [1.165, 1.54) is 0 Å². The van der Waals surface area contributed by atoms with Crippen LogP contribution in [-0.4, -0.2) is 40.8 Å². The molecule has 0 amide bonds. The predicted molar refractivity (Wildman–Crippen MR) is 41.2 cm³/mol. The lowest BCUT2D eigenvalue weighted by Gasteiger charge is -2.22. The highest BCUT2D eigenvalue weighted by atomic mass is 16.6. The van der Waals surface area contributed by atoms with E-state index in [2.05, 4.69) is 0 Å². The highest BCUT2D eigenvalue weighted by Gasteiger charge is 2.72. The van der Waals surface area contributed by atoms with Crippen LogP contribution in [-0.2, 0) is 4.74 Å². The summed E-state index contributed by atoms with van der Waals surface area (Å²) in [5, 5.41) is 21.1. The lowest BCUT2D eigenvalue weighted by atomic mass is 9.96. The van der Waals surface area contributed by atoms with Crippen LogP contribution < -0.4 is 5.32 Å². The van der Waals surface area contributed by atoms with Crippen LogP contribution in [0.25, 0.3) is 0 Å². The molecule has 4 heteroatoms. The zero-order valence-electron chi connectivity index (χ0n) is 7.19. The predicted octanol–water partition coefficient (Wildman–Crippen LogP) is -2.04. The quantitative estimate of drug-likeness (QED) is 0.332. The van der Waals surface area contributed by atoms with Crippen LogP contribution in [0.2, 0.25) is 0 Å². The fourth-order valence-electron chi connectivity index (χ4n) is 1.78. The van der Waals surface area contributed by atoms with E-state index in [-0.39, 0.29) is 6.10 Å². The number of aliphatic hydroxyl groups excluding tert-OH is 1. The smallest absolute Gasteiger partial charge is 0.251 e. The number of fused-ring (bicyclic) bond motifs is 1. The second-order valence-corrected chi connectivity index (χ2v) is 3.54. The maximum Gasteiger partial charge on any atom is 0.251 e. The highest BCUT2D eigenvalue weighted by Crippen LogP contribution is 2.47. The summed E-state index contributed by atoms with van der Waals surface area (Å²) in [5.41, 5.74) is -1.59. The third-order valence-electron chi connectivity index (χ3n) is 2.83. The summed E-state index contributed by atoms with van der Waals surface area (Å²) in [6.07, 6.45) is 2.37. The number of hydrogen-bond donors (Lipinski definition) is 3. The standard InChI is InChI=1S/C8H13NO3/c1-5(10)7(11)3-4-8(9-2)6(7)12-8/h3-6,9-11H,1-2H3/p+1. The zero-order valence-corrected chi connectivity index (χ0v) is 7.19. The average molecular weight is 172 g/mol. The minimum absolute atomic E-state index is 0.282. The van der Waals surface area contributed by atoms with Crippen molar-refractivity contribution < 1.29 is 20.3 Å². The zero-order chi connectivity index (χ0) is 8.98. The first kappa shape index (κ1) is 8.19. The van der Waals surface area contributed by atoms with Gasteiger partial charge in [0.05, 0.1) is 13.2 Å². The minimum Gasteiger partial charge on any atom is -0.390 e. The molecule has 0 saturated carbocycles. The lowest BCUT2D eigenvalue weighted by Crippen LogP contribution is -2.89. The summed E-state index contributed by atoms with van der Waals surface area (Å²) in [6, 6.07) is 0. The molecule has 4 nitrogen and oxygen atoms in total. The van der Waals surface area contributed by atoms with Crippen molar-refractivity contribution in [3.05, 3.63) is 12.2 Å². The van der Waals surface area contributed by atoms with Gasteiger partial charge in [-0.1, -0.05) is 0 Å². The number of hydrogen-bond acceptors (Lipinski definition) is 3. The molecule has 4 N–H and O–H groups in total. The van der Waals surface area contributed by atoms with E-state index in [4.69, 9.17) is 4.74 Å². The van der Waals surface area contributed by atoms with E-state index >= 15 is 0 Å². The number of ether oxygens (including phenoxy) is 1. The van der Waals surface area contributed by atoms with Gasteiger partial charge in [0.15, 0.2) is 6.10 Å². The Hall–Kier alpha value is -0.420. The van der Waals surface area contributed by atoms with Gasteiger partial charge < -0.3 is 20.3 Å². The van der Waals surface area contributed by atoms with Gasteiger partial charge in [0, 0.05) is 6.08 Å². The Balaban J connectivity index is 2.22. The molecule has 1 fully saturated rings. The number of rotatable bonds is 2. The van der Waals surface area contributed by atoms with Gasteiger partial charge in [0.25, 0.3) is 5.72 Å². The fourth-order valence-corrected chi connectivity index (χ4v) is 1.78. The molecule has 1 heterocycles. The lowest BCUT2D eigenvalue weighted by molar-refractivity contribution is -0.685. The molecule has 0 spiro atoms. The van der Waals surface area contributed by atoms with Crippen LogP contribution in [0.3, 0.4) is 0 Å². The van der Waals surface area contributed by atoms with Gasteiger partial charge in [-0.3, -0.25) is 0 Å². The number of nitrogens with two attached hydrogens (primary N) is 1. The summed E-state index contributed by atoms with van der Waals surface area (Å²) in [5.74, 6) is 0. The van der Waals surface area contributed by atoms with Crippen molar-refractivity contribution in [1.82, 2.24) is 0 Å². The van der Waals surface area contributed by atoms with E-state index < -0.39 is 17.4 Å². The molecule has 1 saturated heterocycles. The molecule has 0 aromatic heterocycles.